The van der Waals surface area contributed by atoms with Crippen molar-refractivity contribution in [2.24, 2.45) is 0 Å². The standard InChI is InChI=1S/C22H17ClN2O4S/c1-2-29-16-8-6-13(7-9-16)19(26)17-18(14-4-3-5-15(23)12-14)25(21(28)20(17)27)22-24-10-11-30-22/h3-12,18,26H,2H2,1H3. The summed E-state index contributed by atoms with van der Waals surface area (Å²) in [7, 11) is 0. The molecular formula is C22H17ClN2O4S. The van der Waals surface area contributed by atoms with Gasteiger partial charge in [-0.2, -0.15) is 0 Å². The van der Waals surface area contributed by atoms with Crippen LogP contribution >= 0.6 is 22.9 Å². The largest absolute Gasteiger partial charge is 0.507 e. The van der Waals surface area contributed by atoms with E-state index in [9.17, 15) is 14.7 Å². The lowest BCUT2D eigenvalue weighted by Gasteiger charge is -2.23. The van der Waals surface area contributed by atoms with E-state index in [1.165, 1.54) is 16.2 Å². The second-order valence-corrected chi connectivity index (χ2v) is 7.81. The Bertz CT molecular complexity index is 1130. The molecule has 4 rings (SSSR count). The van der Waals surface area contributed by atoms with Crippen LogP contribution in [-0.2, 0) is 9.59 Å². The van der Waals surface area contributed by atoms with Crippen molar-refractivity contribution in [2.75, 3.05) is 11.5 Å². The molecule has 152 valence electrons. The number of benzene rings is 2. The highest BCUT2D eigenvalue weighted by molar-refractivity contribution is 7.14. The molecule has 2 aromatic carbocycles. The lowest BCUT2D eigenvalue weighted by atomic mass is 9.95. The molecule has 0 bridgehead atoms. The van der Waals surface area contributed by atoms with Gasteiger partial charge < -0.3 is 9.84 Å². The zero-order valence-corrected chi connectivity index (χ0v) is 17.5. The maximum Gasteiger partial charge on any atom is 0.301 e. The van der Waals surface area contributed by atoms with Crippen molar-refractivity contribution in [1.29, 1.82) is 0 Å². The number of hydrogen-bond donors (Lipinski definition) is 1. The van der Waals surface area contributed by atoms with Crippen molar-refractivity contribution in [1.82, 2.24) is 4.98 Å². The highest BCUT2D eigenvalue weighted by atomic mass is 35.5. The number of ketones is 1. The number of amides is 1. The van der Waals surface area contributed by atoms with Crippen LogP contribution in [0.15, 0.2) is 65.7 Å². The van der Waals surface area contributed by atoms with Gasteiger partial charge in [-0.3, -0.25) is 14.5 Å². The van der Waals surface area contributed by atoms with Crippen LogP contribution in [0.3, 0.4) is 0 Å². The third-order valence-electron chi connectivity index (χ3n) is 4.67. The average molecular weight is 441 g/mol. The molecule has 1 N–H and O–H groups in total. The van der Waals surface area contributed by atoms with Gasteiger partial charge in [0.15, 0.2) is 5.13 Å². The average Bonchev–Trinajstić information content (AvgIpc) is 3.35. The Morgan fingerprint density at radius 2 is 2.00 bits per heavy atom. The number of Topliss-reactive ketones (excluding diaryl/α,β-unsaturated/α-hetero) is 1. The summed E-state index contributed by atoms with van der Waals surface area (Å²) in [5, 5.41) is 13.6. The summed E-state index contributed by atoms with van der Waals surface area (Å²) in [5.41, 5.74) is 0.994. The van der Waals surface area contributed by atoms with Gasteiger partial charge in [-0.25, -0.2) is 4.98 Å². The number of halogens is 1. The van der Waals surface area contributed by atoms with Crippen molar-refractivity contribution < 1.29 is 19.4 Å². The van der Waals surface area contributed by atoms with E-state index in [0.717, 1.165) is 0 Å². The van der Waals surface area contributed by atoms with Gasteiger partial charge in [0.25, 0.3) is 5.78 Å². The summed E-state index contributed by atoms with van der Waals surface area (Å²) in [4.78, 5) is 31.4. The van der Waals surface area contributed by atoms with E-state index in [4.69, 9.17) is 16.3 Å². The van der Waals surface area contributed by atoms with E-state index in [2.05, 4.69) is 4.98 Å². The van der Waals surface area contributed by atoms with Gasteiger partial charge in [-0.05, 0) is 48.9 Å². The van der Waals surface area contributed by atoms with E-state index in [1.807, 2.05) is 6.92 Å². The highest BCUT2D eigenvalue weighted by Crippen LogP contribution is 2.43. The molecule has 1 fully saturated rings. The number of thiazole rings is 1. The Morgan fingerprint density at radius 1 is 1.23 bits per heavy atom. The summed E-state index contributed by atoms with van der Waals surface area (Å²) in [5.74, 6) is -1.15. The fraction of sp³-hybridized carbons (Fsp3) is 0.136. The number of anilines is 1. The van der Waals surface area contributed by atoms with Crippen molar-refractivity contribution >= 4 is 45.5 Å². The van der Waals surface area contributed by atoms with Gasteiger partial charge in [-0.1, -0.05) is 23.7 Å². The van der Waals surface area contributed by atoms with E-state index < -0.39 is 17.7 Å². The maximum atomic E-state index is 13.0. The van der Waals surface area contributed by atoms with E-state index in [1.54, 1.807) is 60.1 Å². The zero-order chi connectivity index (χ0) is 21.3. The SMILES string of the molecule is CCOc1ccc(C(O)=C2C(=O)C(=O)N(c3nccs3)C2c2cccc(Cl)c2)cc1. The topological polar surface area (TPSA) is 79.7 Å². The minimum Gasteiger partial charge on any atom is -0.507 e. The Morgan fingerprint density at radius 3 is 2.63 bits per heavy atom. The van der Waals surface area contributed by atoms with Gasteiger partial charge in [0, 0.05) is 22.2 Å². The molecule has 1 aliphatic rings. The first-order chi connectivity index (χ1) is 14.5. The summed E-state index contributed by atoms with van der Waals surface area (Å²) < 4.78 is 5.43. The molecule has 0 aliphatic carbocycles. The molecule has 1 saturated heterocycles. The van der Waals surface area contributed by atoms with Crippen LogP contribution in [0.1, 0.15) is 24.1 Å². The van der Waals surface area contributed by atoms with Crippen LogP contribution < -0.4 is 9.64 Å². The number of nitrogens with zero attached hydrogens (tertiary/aromatic N) is 2. The minimum atomic E-state index is -0.846. The molecule has 2 heterocycles. The maximum absolute atomic E-state index is 13.0. The van der Waals surface area contributed by atoms with E-state index in [0.29, 0.717) is 33.6 Å². The molecular weight excluding hydrogens is 424 g/mol. The molecule has 1 amide bonds. The fourth-order valence-electron chi connectivity index (χ4n) is 3.39. The van der Waals surface area contributed by atoms with E-state index >= 15 is 0 Å². The third kappa shape index (κ3) is 3.58. The normalized spacial score (nSPS) is 18.1. The molecule has 1 atom stereocenters. The van der Waals surface area contributed by atoms with Gasteiger partial charge in [0.05, 0.1) is 18.2 Å². The molecule has 8 heteroatoms. The molecule has 0 spiro atoms. The monoisotopic (exact) mass is 440 g/mol. The number of aromatic nitrogens is 1. The number of rotatable bonds is 5. The van der Waals surface area contributed by atoms with Gasteiger partial charge in [-0.15, -0.1) is 11.3 Å². The summed E-state index contributed by atoms with van der Waals surface area (Å²) in [6.07, 6.45) is 1.56. The van der Waals surface area contributed by atoms with Gasteiger partial charge >= 0.3 is 5.91 Å². The molecule has 0 radical (unpaired) electrons. The molecule has 30 heavy (non-hydrogen) atoms. The minimum absolute atomic E-state index is 0.0124. The van der Waals surface area contributed by atoms with Crippen LogP contribution in [0.25, 0.3) is 5.76 Å². The summed E-state index contributed by atoms with van der Waals surface area (Å²) >= 11 is 7.40. The highest BCUT2D eigenvalue weighted by Gasteiger charge is 2.48. The Kier molecular flexibility index (Phi) is 5.57. The lowest BCUT2D eigenvalue weighted by molar-refractivity contribution is -0.132. The Balaban J connectivity index is 1.88. The number of ether oxygens (including phenoxy) is 1. The number of aliphatic hydroxyl groups excluding tert-OH is 1. The van der Waals surface area contributed by atoms with E-state index in [-0.39, 0.29) is 11.3 Å². The molecule has 1 aliphatic heterocycles. The van der Waals surface area contributed by atoms with Crippen molar-refractivity contribution in [3.8, 4) is 5.75 Å². The summed E-state index contributed by atoms with van der Waals surface area (Å²) in [6.45, 7) is 2.39. The lowest BCUT2D eigenvalue weighted by Crippen LogP contribution is -2.29. The quantitative estimate of drug-likeness (QED) is 0.349. The first-order valence-corrected chi connectivity index (χ1v) is 10.5. The van der Waals surface area contributed by atoms with Crippen LogP contribution in [0.4, 0.5) is 5.13 Å². The predicted molar refractivity (Wildman–Crippen MR) is 116 cm³/mol. The molecule has 1 aromatic heterocycles. The first kappa shape index (κ1) is 20.1. The molecule has 0 saturated carbocycles. The van der Waals surface area contributed by atoms with Crippen LogP contribution in [0.5, 0.6) is 5.75 Å². The van der Waals surface area contributed by atoms with Crippen LogP contribution in [0.2, 0.25) is 5.02 Å². The van der Waals surface area contributed by atoms with Crippen LogP contribution in [-0.4, -0.2) is 28.4 Å². The summed E-state index contributed by atoms with van der Waals surface area (Å²) in [6, 6.07) is 12.7. The van der Waals surface area contributed by atoms with Crippen molar-refractivity contribution in [3.63, 3.8) is 0 Å². The molecule has 3 aromatic rings. The molecule has 6 nitrogen and oxygen atoms in total. The fourth-order valence-corrected chi connectivity index (χ4v) is 4.25. The first-order valence-electron chi connectivity index (χ1n) is 9.20. The van der Waals surface area contributed by atoms with Crippen LogP contribution in [0, 0.1) is 0 Å². The smallest absolute Gasteiger partial charge is 0.301 e. The Hall–Kier alpha value is -3.16. The van der Waals surface area contributed by atoms with Gasteiger partial charge in [0.2, 0.25) is 0 Å². The second kappa shape index (κ2) is 8.30. The second-order valence-electron chi connectivity index (χ2n) is 6.50. The van der Waals surface area contributed by atoms with Crippen molar-refractivity contribution in [3.05, 3.63) is 81.8 Å². The predicted octanol–water partition coefficient (Wildman–Crippen LogP) is 4.82. The molecule has 1 unspecified atom stereocenters. The number of hydrogen-bond acceptors (Lipinski definition) is 6. The Labute approximate surface area is 182 Å². The number of carbonyl (C=O) groups is 2. The van der Waals surface area contributed by atoms with Crippen molar-refractivity contribution in [2.45, 2.75) is 13.0 Å². The third-order valence-corrected chi connectivity index (χ3v) is 5.68. The zero-order valence-electron chi connectivity index (χ0n) is 15.9. The van der Waals surface area contributed by atoms with Gasteiger partial charge in [0.1, 0.15) is 11.5 Å². The number of carbonyl (C=O) groups excluding carboxylic acids is 2. The number of aliphatic hydroxyl groups is 1.